The lowest BCUT2D eigenvalue weighted by Crippen LogP contribution is -2.20. The number of hydrogen-bond donors (Lipinski definition) is 1. The molecule has 0 saturated carbocycles. The highest BCUT2D eigenvalue weighted by molar-refractivity contribution is 6.45. The van der Waals surface area contributed by atoms with Crippen LogP contribution in [0.4, 0.5) is 4.79 Å². The average molecular weight is 316 g/mol. The van der Waals surface area contributed by atoms with E-state index in [2.05, 4.69) is 4.74 Å². The number of ether oxygens (including phenoxy) is 2. The van der Waals surface area contributed by atoms with Crippen molar-refractivity contribution in [3.63, 3.8) is 0 Å². The van der Waals surface area contributed by atoms with Gasteiger partial charge in [-0.2, -0.15) is 5.26 Å². The molecule has 1 aromatic carbocycles. The largest absolute Gasteiger partial charge is 0.508 e. The number of hydrogen-bond acceptors (Lipinski definition) is 5. The third-order valence-corrected chi connectivity index (χ3v) is 3.50. The number of carboxylic acid groups (broad SMARTS) is 1. The fourth-order valence-electron chi connectivity index (χ4n) is 1.84. The second kappa shape index (κ2) is 5.57. The molecule has 0 amide bonds. The second-order valence-corrected chi connectivity index (χ2v) is 4.69. The normalized spacial score (nSPS) is 15.9. The Morgan fingerprint density at radius 1 is 1.50 bits per heavy atom. The van der Waals surface area contributed by atoms with Crippen LogP contribution in [0, 0.1) is 11.3 Å². The summed E-state index contributed by atoms with van der Waals surface area (Å²) in [6, 6.07) is 3.17. The number of fused-ring (bicyclic) bond motifs is 1. The molecule has 104 valence electrons. The summed E-state index contributed by atoms with van der Waals surface area (Å²) < 4.78 is 9.72. The van der Waals surface area contributed by atoms with Gasteiger partial charge < -0.3 is 14.6 Å². The molecular weight excluding hydrogens is 309 g/mol. The van der Waals surface area contributed by atoms with Gasteiger partial charge in [-0.05, 0) is 6.07 Å². The molecule has 6 nitrogen and oxygen atoms in total. The zero-order valence-electron chi connectivity index (χ0n) is 9.85. The van der Waals surface area contributed by atoms with Crippen LogP contribution in [0.2, 0.25) is 10.0 Å². The van der Waals surface area contributed by atoms with Gasteiger partial charge in [0.1, 0.15) is 10.8 Å². The summed E-state index contributed by atoms with van der Waals surface area (Å²) >= 11 is 12.0. The van der Waals surface area contributed by atoms with E-state index in [4.69, 9.17) is 38.3 Å². The number of halogens is 2. The van der Waals surface area contributed by atoms with Gasteiger partial charge in [-0.1, -0.05) is 23.2 Å². The van der Waals surface area contributed by atoms with Crippen molar-refractivity contribution in [1.82, 2.24) is 0 Å². The highest BCUT2D eigenvalue weighted by Crippen LogP contribution is 2.42. The summed E-state index contributed by atoms with van der Waals surface area (Å²) in [5, 5.41) is 17.0. The lowest BCUT2D eigenvalue weighted by molar-refractivity contribution is -0.0393. The van der Waals surface area contributed by atoms with Gasteiger partial charge in [0.05, 0.1) is 23.9 Å². The van der Waals surface area contributed by atoms with E-state index in [0.29, 0.717) is 5.56 Å². The molecule has 1 unspecified atom stereocenters. The molecule has 1 heterocycles. The topological polar surface area (TPSA) is 96.6 Å². The molecule has 1 aromatic rings. The van der Waals surface area contributed by atoms with Gasteiger partial charge in [-0.25, -0.2) is 4.79 Å². The van der Waals surface area contributed by atoms with E-state index < -0.39 is 18.2 Å². The minimum absolute atomic E-state index is 0.00180. The first-order chi connectivity index (χ1) is 9.43. The van der Waals surface area contributed by atoms with E-state index in [1.165, 1.54) is 6.07 Å². The van der Waals surface area contributed by atoms with E-state index in [1.807, 2.05) is 0 Å². The Hall–Kier alpha value is -1.97. The van der Waals surface area contributed by atoms with Crippen LogP contribution in [-0.2, 0) is 11.2 Å². The predicted molar refractivity (Wildman–Crippen MR) is 68.3 cm³/mol. The van der Waals surface area contributed by atoms with E-state index >= 15 is 0 Å². The Kier molecular flexibility index (Phi) is 4.02. The van der Waals surface area contributed by atoms with Crippen molar-refractivity contribution in [3.8, 4) is 11.8 Å². The number of Topliss-reactive ketones (excluding diaryl/α,β-unsaturated/α-hetero) is 1. The fourth-order valence-corrected chi connectivity index (χ4v) is 2.36. The Bertz CT molecular complexity index is 638. The first kappa shape index (κ1) is 14.4. The van der Waals surface area contributed by atoms with Crippen LogP contribution in [0.25, 0.3) is 0 Å². The lowest BCUT2D eigenvalue weighted by Gasteiger charge is -2.10. The van der Waals surface area contributed by atoms with Crippen LogP contribution in [0.15, 0.2) is 6.07 Å². The highest BCUT2D eigenvalue weighted by Gasteiger charge is 2.31. The maximum Gasteiger partial charge on any atom is 0.508 e. The first-order valence-electron chi connectivity index (χ1n) is 5.41. The average Bonchev–Trinajstić information content (AvgIpc) is 2.76. The number of nitriles is 1. The van der Waals surface area contributed by atoms with Crippen LogP contribution in [0.5, 0.6) is 5.75 Å². The summed E-state index contributed by atoms with van der Waals surface area (Å²) in [7, 11) is 0. The number of nitrogens with zero attached hydrogens (tertiary/aromatic N) is 1. The van der Waals surface area contributed by atoms with Gasteiger partial charge in [-0.3, -0.25) is 4.79 Å². The van der Waals surface area contributed by atoms with Gasteiger partial charge in [0.2, 0.25) is 0 Å². The Morgan fingerprint density at radius 2 is 2.20 bits per heavy atom. The molecular formula is C12H7Cl2NO5. The third kappa shape index (κ3) is 2.64. The van der Waals surface area contributed by atoms with Crippen molar-refractivity contribution in [3.05, 3.63) is 27.2 Å². The highest BCUT2D eigenvalue weighted by atomic mass is 35.5. The number of benzene rings is 1. The molecule has 0 fully saturated rings. The van der Waals surface area contributed by atoms with E-state index in [0.717, 1.165) is 0 Å². The number of carbonyl (C=O) groups excluding carboxylic acids is 1. The van der Waals surface area contributed by atoms with Gasteiger partial charge >= 0.3 is 6.16 Å². The Labute approximate surface area is 123 Å². The summed E-state index contributed by atoms with van der Waals surface area (Å²) in [5.41, 5.74) is 0.614. The molecule has 1 N–H and O–H groups in total. The monoisotopic (exact) mass is 315 g/mol. The molecule has 0 spiro atoms. The quantitative estimate of drug-likeness (QED) is 0.680. The zero-order chi connectivity index (χ0) is 14.9. The minimum Gasteiger partial charge on any atom is -0.452 e. The molecule has 0 bridgehead atoms. The number of rotatable bonds is 3. The van der Waals surface area contributed by atoms with Gasteiger partial charge in [0, 0.05) is 11.1 Å². The molecule has 1 aliphatic rings. The molecule has 0 aliphatic carbocycles. The van der Waals surface area contributed by atoms with Crippen LogP contribution >= 0.6 is 23.2 Å². The van der Waals surface area contributed by atoms with Gasteiger partial charge in [-0.15, -0.1) is 0 Å². The molecule has 0 aromatic heterocycles. The molecule has 0 radical (unpaired) electrons. The minimum atomic E-state index is -1.48. The second-order valence-electron chi connectivity index (χ2n) is 3.93. The van der Waals surface area contributed by atoms with E-state index in [-0.39, 0.29) is 34.2 Å². The maximum absolute atomic E-state index is 11.7. The standard InChI is InChI=1S/C12H7Cl2NO5/c13-9-6(7(16)1-2-15)3-5-4-8(20-12(17)18)19-11(5)10(9)14/h3,8H,1,4H2,(H,17,18). The van der Waals surface area contributed by atoms with E-state index in [1.54, 1.807) is 6.07 Å². The number of carbonyl (C=O) groups is 2. The summed E-state index contributed by atoms with van der Waals surface area (Å²) in [6.45, 7) is 0. The van der Waals surface area contributed by atoms with Gasteiger partial charge in [0.15, 0.2) is 5.78 Å². The Balaban J connectivity index is 2.36. The summed E-state index contributed by atoms with van der Waals surface area (Å²) in [5.74, 6) is -0.277. The maximum atomic E-state index is 11.7. The Morgan fingerprint density at radius 3 is 2.80 bits per heavy atom. The van der Waals surface area contributed by atoms with Gasteiger partial charge in [0.25, 0.3) is 6.29 Å². The van der Waals surface area contributed by atoms with Crippen LogP contribution < -0.4 is 4.74 Å². The van der Waals surface area contributed by atoms with Crippen molar-refractivity contribution < 1.29 is 24.2 Å². The third-order valence-electron chi connectivity index (χ3n) is 2.65. The van der Waals surface area contributed by atoms with Crippen molar-refractivity contribution in [2.45, 2.75) is 19.1 Å². The summed E-state index contributed by atoms with van der Waals surface area (Å²) in [4.78, 5) is 22.2. The van der Waals surface area contributed by atoms with Crippen molar-refractivity contribution >= 4 is 35.1 Å². The molecule has 0 saturated heterocycles. The van der Waals surface area contributed by atoms with Crippen molar-refractivity contribution in [1.29, 1.82) is 5.26 Å². The molecule has 1 aliphatic heterocycles. The molecule has 8 heteroatoms. The van der Waals surface area contributed by atoms with Crippen molar-refractivity contribution in [2.24, 2.45) is 0 Å². The molecule has 20 heavy (non-hydrogen) atoms. The summed E-state index contributed by atoms with van der Waals surface area (Å²) in [6.07, 6.45) is -2.72. The molecule has 1 atom stereocenters. The van der Waals surface area contributed by atoms with E-state index in [9.17, 15) is 9.59 Å². The van der Waals surface area contributed by atoms with Crippen LogP contribution in [0.1, 0.15) is 22.3 Å². The lowest BCUT2D eigenvalue weighted by atomic mass is 10.0. The SMILES string of the molecule is N#CCC(=O)c1cc2c(c(Cl)c1Cl)OC(OC(=O)O)C2. The fraction of sp³-hybridized carbons (Fsp3) is 0.250. The first-order valence-corrected chi connectivity index (χ1v) is 6.17. The van der Waals surface area contributed by atoms with Crippen LogP contribution in [-0.4, -0.2) is 23.3 Å². The number of ketones is 1. The van der Waals surface area contributed by atoms with Crippen molar-refractivity contribution in [2.75, 3.05) is 0 Å². The molecule has 2 rings (SSSR count). The zero-order valence-corrected chi connectivity index (χ0v) is 11.4. The smallest absolute Gasteiger partial charge is 0.452 e. The predicted octanol–water partition coefficient (Wildman–Crippen LogP) is 3.05. The van der Waals surface area contributed by atoms with Crippen LogP contribution in [0.3, 0.4) is 0 Å².